The summed E-state index contributed by atoms with van der Waals surface area (Å²) in [5, 5.41) is 0. The number of aryl methyl sites for hydroxylation is 2. The fourth-order valence-corrected chi connectivity index (χ4v) is 7.29. The van der Waals surface area contributed by atoms with Gasteiger partial charge in [-0.15, -0.1) is 0 Å². The van der Waals surface area contributed by atoms with Crippen molar-refractivity contribution in [3.05, 3.63) is 34.4 Å². The van der Waals surface area contributed by atoms with Crippen molar-refractivity contribution in [1.82, 2.24) is 0 Å². The summed E-state index contributed by atoms with van der Waals surface area (Å²) in [5.41, 5.74) is 6.04. The lowest BCUT2D eigenvalue weighted by atomic mass is 9.65. The predicted molar refractivity (Wildman–Crippen MR) is 126 cm³/mol. The molecule has 3 saturated carbocycles. The van der Waals surface area contributed by atoms with Crippen molar-refractivity contribution in [3.63, 3.8) is 0 Å². The lowest BCUT2D eigenvalue weighted by molar-refractivity contribution is 0.106. The zero-order chi connectivity index (χ0) is 20.4. The van der Waals surface area contributed by atoms with Crippen LogP contribution in [0.25, 0.3) is 0 Å². The molecule has 0 radical (unpaired) electrons. The molecule has 0 aliphatic heterocycles. The summed E-state index contributed by atoms with van der Waals surface area (Å²) >= 11 is 0. The van der Waals surface area contributed by atoms with Gasteiger partial charge in [-0.1, -0.05) is 31.9 Å². The lowest BCUT2D eigenvalue weighted by Crippen LogP contribution is -2.29. The standard InChI is InChI=1S/C29H46/c1-20-5-9-26(10-6-20)28-13-15-29(16-14-28)27-11-7-24(8-12-27)19-25-17-21(2)23(4)22(3)18-25/h17-18,20,24,26-29H,5-16,19H2,1-4H3. The number of rotatable bonds is 4. The van der Waals surface area contributed by atoms with Gasteiger partial charge in [0, 0.05) is 0 Å². The normalized spacial score (nSPS) is 36.1. The largest absolute Gasteiger partial charge is 0.0625 e. The molecule has 0 heteroatoms. The van der Waals surface area contributed by atoms with Gasteiger partial charge < -0.3 is 0 Å². The SMILES string of the molecule is Cc1cc(CC2CCC(C3CCC(C4CCC(C)CC4)CC3)CC2)cc(C)c1C. The summed E-state index contributed by atoms with van der Waals surface area (Å²) in [5.74, 6) is 6.24. The molecule has 1 aromatic rings. The Morgan fingerprint density at radius 3 is 1.41 bits per heavy atom. The summed E-state index contributed by atoms with van der Waals surface area (Å²) in [6.45, 7) is 9.30. The van der Waals surface area contributed by atoms with Crippen LogP contribution in [0, 0.1) is 56.3 Å². The fraction of sp³-hybridized carbons (Fsp3) is 0.793. The molecule has 3 aliphatic carbocycles. The van der Waals surface area contributed by atoms with Gasteiger partial charge in [0.25, 0.3) is 0 Å². The maximum atomic E-state index is 2.46. The second kappa shape index (κ2) is 9.57. The summed E-state index contributed by atoms with van der Waals surface area (Å²) in [7, 11) is 0. The molecule has 0 unspecified atom stereocenters. The zero-order valence-electron chi connectivity index (χ0n) is 19.8. The molecule has 0 amide bonds. The highest BCUT2D eigenvalue weighted by atomic mass is 14.4. The van der Waals surface area contributed by atoms with E-state index < -0.39 is 0 Å². The summed E-state index contributed by atoms with van der Waals surface area (Å²) < 4.78 is 0. The monoisotopic (exact) mass is 394 g/mol. The third-order valence-corrected chi connectivity index (χ3v) is 9.61. The Hall–Kier alpha value is -0.780. The quantitative estimate of drug-likeness (QED) is 0.479. The highest BCUT2D eigenvalue weighted by molar-refractivity contribution is 5.37. The van der Waals surface area contributed by atoms with E-state index in [0.717, 1.165) is 35.5 Å². The van der Waals surface area contributed by atoms with Gasteiger partial charge in [0.1, 0.15) is 0 Å². The molecule has 0 atom stereocenters. The second-order valence-electron chi connectivity index (χ2n) is 11.5. The first-order chi connectivity index (χ1) is 14.0. The van der Waals surface area contributed by atoms with Crippen LogP contribution in [0.1, 0.15) is 106 Å². The van der Waals surface area contributed by atoms with E-state index in [1.54, 1.807) is 44.1 Å². The predicted octanol–water partition coefficient (Wildman–Crippen LogP) is 8.59. The molecule has 29 heavy (non-hydrogen) atoms. The molecule has 0 N–H and O–H groups in total. The van der Waals surface area contributed by atoms with Crippen molar-refractivity contribution in [3.8, 4) is 0 Å². The molecule has 0 heterocycles. The lowest BCUT2D eigenvalue weighted by Gasteiger charge is -2.41. The first-order valence-electron chi connectivity index (χ1n) is 13.1. The van der Waals surface area contributed by atoms with E-state index in [1.165, 1.54) is 61.6 Å². The third kappa shape index (κ3) is 5.29. The smallest absolute Gasteiger partial charge is 0.0250 e. The van der Waals surface area contributed by atoms with Crippen LogP contribution in [0.4, 0.5) is 0 Å². The minimum atomic E-state index is 0.938. The average molecular weight is 395 g/mol. The topological polar surface area (TPSA) is 0 Å². The molecular weight excluding hydrogens is 348 g/mol. The maximum Gasteiger partial charge on any atom is -0.0250 e. The molecule has 162 valence electrons. The van der Waals surface area contributed by atoms with Gasteiger partial charge in [0.05, 0.1) is 0 Å². The van der Waals surface area contributed by atoms with Crippen molar-refractivity contribution < 1.29 is 0 Å². The first kappa shape index (κ1) is 21.5. The average Bonchev–Trinajstić information content (AvgIpc) is 2.73. The summed E-state index contributed by atoms with van der Waals surface area (Å²) in [6.07, 6.45) is 19.7. The van der Waals surface area contributed by atoms with E-state index in [4.69, 9.17) is 0 Å². The molecule has 0 bridgehead atoms. The van der Waals surface area contributed by atoms with Crippen LogP contribution in [0.5, 0.6) is 0 Å². The van der Waals surface area contributed by atoms with E-state index in [0.29, 0.717) is 0 Å². The van der Waals surface area contributed by atoms with Gasteiger partial charge in [-0.3, -0.25) is 0 Å². The van der Waals surface area contributed by atoms with Crippen molar-refractivity contribution in [2.24, 2.45) is 35.5 Å². The summed E-state index contributed by atoms with van der Waals surface area (Å²) in [6, 6.07) is 4.92. The van der Waals surface area contributed by atoms with Crippen LogP contribution in [0.15, 0.2) is 12.1 Å². The van der Waals surface area contributed by atoms with Crippen molar-refractivity contribution in [1.29, 1.82) is 0 Å². The van der Waals surface area contributed by atoms with Crippen LogP contribution in [0.2, 0.25) is 0 Å². The van der Waals surface area contributed by atoms with Crippen LogP contribution in [-0.2, 0) is 6.42 Å². The highest BCUT2D eigenvalue weighted by Crippen LogP contribution is 2.46. The molecule has 4 rings (SSSR count). The number of hydrogen-bond acceptors (Lipinski definition) is 0. The van der Waals surface area contributed by atoms with Gasteiger partial charge in [-0.25, -0.2) is 0 Å². The molecule has 0 saturated heterocycles. The van der Waals surface area contributed by atoms with Crippen molar-refractivity contribution in [2.75, 3.05) is 0 Å². The molecule has 3 fully saturated rings. The van der Waals surface area contributed by atoms with Crippen LogP contribution in [-0.4, -0.2) is 0 Å². The van der Waals surface area contributed by atoms with Gasteiger partial charge >= 0.3 is 0 Å². The highest BCUT2D eigenvalue weighted by Gasteiger charge is 2.34. The van der Waals surface area contributed by atoms with Gasteiger partial charge in [0.15, 0.2) is 0 Å². The second-order valence-corrected chi connectivity index (χ2v) is 11.5. The first-order valence-corrected chi connectivity index (χ1v) is 13.1. The molecule has 0 aromatic heterocycles. The van der Waals surface area contributed by atoms with Gasteiger partial charge in [-0.2, -0.15) is 0 Å². The molecular formula is C29H46. The Kier molecular flexibility index (Phi) is 7.08. The Morgan fingerprint density at radius 2 is 0.966 bits per heavy atom. The number of hydrogen-bond donors (Lipinski definition) is 0. The van der Waals surface area contributed by atoms with Gasteiger partial charge in [-0.05, 0) is 149 Å². The van der Waals surface area contributed by atoms with Crippen LogP contribution >= 0.6 is 0 Å². The van der Waals surface area contributed by atoms with Crippen LogP contribution in [0.3, 0.4) is 0 Å². The van der Waals surface area contributed by atoms with E-state index in [9.17, 15) is 0 Å². The zero-order valence-corrected chi connectivity index (χ0v) is 19.8. The summed E-state index contributed by atoms with van der Waals surface area (Å²) in [4.78, 5) is 0. The van der Waals surface area contributed by atoms with E-state index in [2.05, 4.69) is 39.8 Å². The minimum Gasteiger partial charge on any atom is -0.0625 e. The molecule has 3 aliphatic rings. The third-order valence-electron chi connectivity index (χ3n) is 9.61. The Labute approximate surface area is 181 Å². The maximum absolute atomic E-state index is 2.46. The Bertz CT molecular complexity index is 624. The molecule has 0 nitrogen and oxygen atoms in total. The Balaban J connectivity index is 1.21. The molecule has 0 spiro atoms. The minimum absolute atomic E-state index is 0.938. The number of benzene rings is 1. The van der Waals surface area contributed by atoms with Crippen molar-refractivity contribution in [2.45, 2.75) is 111 Å². The van der Waals surface area contributed by atoms with Gasteiger partial charge in [0.2, 0.25) is 0 Å². The fourth-order valence-electron chi connectivity index (χ4n) is 7.29. The molecule has 1 aromatic carbocycles. The van der Waals surface area contributed by atoms with E-state index in [-0.39, 0.29) is 0 Å². The van der Waals surface area contributed by atoms with Crippen LogP contribution < -0.4 is 0 Å². The Morgan fingerprint density at radius 1 is 0.586 bits per heavy atom. The van der Waals surface area contributed by atoms with E-state index in [1.807, 2.05) is 0 Å². The van der Waals surface area contributed by atoms with E-state index >= 15 is 0 Å². The van der Waals surface area contributed by atoms with Crippen molar-refractivity contribution >= 4 is 0 Å².